The van der Waals surface area contributed by atoms with Crippen LogP contribution in [0.4, 0.5) is 0 Å². The first-order chi connectivity index (χ1) is 14.5. The van der Waals surface area contributed by atoms with Crippen molar-refractivity contribution in [2.45, 2.75) is 26.3 Å². The summed E-state index contributed by atoms with van der Waals surface area (Å²) >= 11 is 5.38. The van der Waals surface area contributed by atoms with Crippen LogP contribution in [-0.2, 0) is 6.42 Å². The van der Waals surface area contributed by atoms with E-state index in [4.69, 9.17) is 12.2 Å². The van der Waals surface area contributed by atoms with Crippen LogP contribution in [0.5, 0.6) is 5.88 Å². The Balaban J connectivity index is 1.76. The minimum absolute atomic E-state index is 0.119. The van der Waals surface area contributed by atoms with Gasteiger partial charge < -0.3 is 20.0 Å². The number of quaternary nitrogens is 1. The number of hydrogen-bond acceptors (Lipinski definition) is 3. The van der Waals surface area contributed by atoms with Gasteiger partial charge in [-0.2, -0.15) is 0 Å². The molecular formula is C23H22N4O2S. The van der Waals surface area contributed by atoms with Crippen molar-refractivity contribution < 1.29 is 10.4 Å². The van der Waals surface area contributed by atoms with E-state index < -0.39 is 11.6 Å². The summed E-state index contributed by atoms with van der Waals surface area (Å²) in [6.45, 7) is 4.75. The summed E-state index contributed by atoms with van der Waals surface area (Å²) in [6, 6.07) is 13.5. The van der Waals surface area contributed by atoms with E-state index in [2.05, 4.69) is 21.4 Å². The van der Waals surface area contributed by atoms with Gasteiger partial charge in [-0.25, -0.2) is 0 Å². The molecule has 1 aliphatic heterocycles. The molecule has 2 aromatic heterocycles. The van der Waals surface area contributed by atoms with Gasteiger partial charge in [-0.1, -0.05) is 35.9 Å². The lowest BCUT2D eigenvalue weighted by Crippen LogP contribution is -2.87. The maximum atomic E-state index is 13.6. The van der Waals surface area contributed by atoms with Gasteiger partial charge >= 0.3 is 0 Å². The van der Waals surface area contributed by atoms with E-state index in [1.807, 2.05) is 50.2 Å². The Morgan fingerprint density at radius 3 is 2.77 bits per heavy atom. The number of aromatic amines is 2. The van der Waals surface area contributed by atoms with Crippen LogP contribution in [0.25, 0.3) is 16.6 Å². The summed E-state index contributed by atoms with van der Waals surface area (Å²) in [5.74, 6) is -0.358. The van der Waals surface area contributed by atoms with Crippen molar-refractivity contribution in [1.29, 1.82) is 0 Å². The Morgan fingerprint density at radius 2 is 1.97 bits per heavy atom. The topological polar surface area (TPSA) is 93.2 Å². The second-order valence-electron chi connectivity index (χ2n) is 7.92. The van der Waals surface area contributed by atoms with E-state index in [-0.39, 0.29) is 16.2 Å². The third-order valence-electron chi connectivity index (χ3n) is 5.96. The molecule has 1 unspecified atom stereocenters. The lowest BCUT2D eigenvalue weighted by Gasteiger charge is -2.27. The van der Waals surface area contributed by atoms with Crippen LogP contribution in [0, 0.1) is 18.6 Å². The molecule has 0 aliphatic carbocycles. The zero-order valence-corrected chi connectivity index (χ0v) is 17.6. The van der Waals surface area contributed by atoms with Crippen molar-refractivity contribution in [2.24, 2.45) is 0 Å². The van der Waals surface area contributed by atoms with Crippen LogP contribution >= 0.6 is 12.2 Å². The van der Waals surface area contributed by atoms with Crippen LogP contribution in [0.2, 0.25) is 0 Å². The van der Waals surface area contributed by atoms with Crippen molar-refractivity contribution in [3.63, 3.8) is 0 Å². The molecule has 0 saturated carbocycles. The number of rotatable bonds is 2. The Kier molecular flexibility index (Phi) is 4.38. The predicted octanol–water partition coefficient (Wildman–Crippen LogP) is 2.28. The van der Waals surface area contributed by atoms with E-state index in [1.54, 1.807) is 0 Å². The minimum Gasteiger partial charge on any atom is -0.859 e. The Morgan fingerprint density at radius 1 is 1.17 bits per heavy atom. The lowest BCUT2D eigenvalue weighted by molar-refractivity contribution is -0.691. The van der Waals surface area contributed by atoms with E-state index >= 15 is 0 Å². The molecule has 4 N–H and O–H groups in total. The standard InChI is InChI=1S/C23H22N4O2S/c1-12-7-8-17(13(2)11-12)27-22(29)18(21(28)26-23(27)30)20-19-15(9-10-24-20)14-5-3-4-6-16(14)25-19/h3-8,11,20,24-25,29H,9-10H2,1-2H3,(H,26,28,30). The summed E-state index contributed by atoms with van der Waals surface area (Å²) in [4.78, 5) is 19.1. The maximum Gasteiger partial charge on any atom is 0.260 e. The highest BCUT2D eigenvalue weighted by atomic mass is 32.1. The molecule has 7 heteroatoms. The normalized spacial score (nSPS) is 16.0. The lowest BCUT2D eigenvalue weighted by atomic mass is 9.95. The van der Waals surface area contributed by atoms with Crippen molar-refractivity contribution in [3.05, 3.63) is 85.5 Å². The fourth-order valence-corrected chi connectivity index (χ4v) is 4.88. The number of nitrogens with two attached hydrogens (primary N) is 1. The average Bonchev–Trinajstić information content (AvgIpc) is 3.09. The molecule has 0 fully saturated rings. The Bertz CT molecular complexity index is 1410. The highest BCUT2D eigenvalue weighted by Gasteiger charge is 2.31. The first kappa shape index (κ1) is 18.8. The molecule has 1 aliphatic rings. The van der Waals surface area contributed by atoms with Gasteiger partial charge in [0.1, 0.15) is 0 Å². The Labute approximate surface area is 178 Å². The highest BCUT2D eigenvalue weighted by molar-refractivity contribution is 7.71. The molecule has 0 amide bonds. The number of fused-ring (bicyclic) bond motifs is 3. The number of H-pyrrole nitrogens is 2. The molecule has 152 valence electrons. The van der Waals surface area contributed by atoms with Crippen LogP contribution < -0.4 is 16.0 Å². The zero-order chi connectivity index (χ0) is 21.0. The van der Waals surface area contributed by atoms with E-state index in [1.165, 1.54) is 10.1 Å². The molecule has 0 bridgehead atoms. The highest BCUT2D eigenvalue weighted by Crippen LogP contribution is 2.32. The third kappa shape index (κ3) is 2.81. The van der Waals surface area contributed by atoms with Gasteiger partial charge in [0.05, 0.1) is 17.8 Å². The SMILES string of the molecule is Cc1ccc(-n2c([O-])c(C3[NH2+]CCc4c3[nH]c3ccccc43)c(=O)[nH]c2=S)c(C)c1. The van der Waals surface area contributed by atoms with Gasteiger partial charge in [0.2, 0.25) is 0 Å². The minimum atomic E-state index is -0.418. The average molecular weight is 419 g/mol. The van der Waals surface area contributed by atoms with Crippen LogP contribution in [0.15, 0.2) is 47.3 Å². The van der Waals surface area contributed by atoms with Crippen molar-refractivity contribution in [3.8, 4) is 11.6 Å². The second-order valence-corrected chi connectivity index (χ2v) is 8.31. The number of aromatic nitrogens is 3. The first-order valence-electron chi connectivity index (χ1n) is 10.0. The number of aryl methyl sites for hydroxylation is 2. The quantitative estimate of drug-likeness (QED) is 0.436. The molecule has 4 aromatic rings. The van der Waals surface area contributed by atoms with Gasteiger partial charge in [0.15, 0.2) is 10.8 Å². The largest absolute Gasteiger partial charge is 0.859 e. The number of para-hydroxylation sites is 1. The monoisotopic (exact) mass is 418 g/mol. The molecule has 0 spiro atoms. The Hall–Kier alpha value is -3.16. The summed E-state index contributed by atoms with van der Waals surface area (Å²) in [6.07, 6.45) is 0.887. The fourth-order valence-electron chi connectivity index (χ4n) is 4.61. The van der Waals surface area contributed by atoms with Gasteiger partial charge in [-0.15, -0.1) is 0 Å². The molecule has 0 saturated heterocycles. The van der Waals surface area contributed by atoms with Crippen LogP contribution in [0.1, 0.15) is 34.0 Å². The smallest absolute Gasteiger partial charge is 0.260 e. The number of nitrogens with one attached hydrogen (secondary N) is 2. The number of hydrogen-bond donors (Lipinski definition) is 3. The van der Waals surface area contributed by atoms with Crippen LogP contribution in [0.3, 0.4) is 0 Å². The molecule has 30 heavy (non-hydrogen) atoms. The van der Waals surface area contributed by atoms with E-state index in [0.717, 1.165) is 40.7 Å². The van der Waals surface area contributed by atoms with Crippen LogP contribution in [-0.4, -0.2) is 21.1 Å². The second kappa shape index (κ2) is 6.97. The maximum absolute atomic E-state index is 13.6. The zero-order valence-electron chi connectivity index (χ0n) is 16.8. The van der Waals surface area contributed by atoms with E-state index in [0.29, 0.717) is 5.69 Å². The summed E-state index contributed by atoms with van der Waals surface area (Å²) < 4.78 is 1.57. The van der Waals surface area contributed by atoms with Gasteiger partial charge in [-0.3, -0.25) is 9.78 Å². The van der Waals surface area contributed by atoms with Gasteiger partial charge in [0.25, 0.3) is 5.56 Å². The number of nitrogens with zero attached hydrogens (tertiary/aromatic N) is 1. The molecule has 2 aromatic carbocycles. The molecule has 1 atom stereocenters. The summed E-state index contributed by atoms with van der Waals surface area (Å²) in [5, 5.41) is 16.8. The predicted molar refractivity (Wildman–Crippen MR) is 117 cm³/mol. The molecule has 0 radical (unpaired) electrons. The fraction of sp³-hybridized carbons (Fsp3) is 0.217. The van der Waals surface area contributed by atoms with Crippen molar-refractivity contribution >= 4 is 23.1 Å². The molecule has 3 heterocycles. The summed E-state index contributed by atoms with van der Waals surface area (Å²) in [5.41, 5.74) is 5.64. The summed E-state index contributed by atoms with van der Waals surface area (Å²) in [7, 11) is 0. The van der Waals surface area contributed by atoms with E-state index in [9.17, 15) is 9.90 Å². The molecule has 5 rings (SSSR count). The molecular weight excluding hydrogens is 396 g/mol. The van der Waals surface area contributed by atoms with Gasteiger partial charge in [-0.05, 0) is 55.2 Å². The third-order valence-corrected chi connectivity index (χ3v) is 6.24. The number of benzene rings is 2. The van der Waals surface area contributed by atoms with Crippen molar-refractivity contribution in [1.82, 2.24) is 14.5 Å². The molecule has 6 nitrogen and oxygen atoms in total. The van der Waals surface area contributed by atoms with Crippen molar-refractivity contribution in [2.75, 3.05) is 6.54 Å². The first-order valence-corrected chi connectivity index (χ1v) is 10.4. The van der Waals surface area contributed by atoms with Gasteiger partial charge in [0, 0.05) is 23.0 Å².